The number of hydrogen-bond donors (Lipinski definition) is 1. The maximum Gasteiger partial charge on any atom is 0.234 e. The van der Waals surface area contributed by atoms with Crippen LogP contribution in [0.3, 0.4) is 0 Å². The van der Waals surface area contributed by atoms with Gasteiger partial charge in [0.1, 0.15) is 12.4 Å². The normalized spacial score (nSPS) is 10.6. The number of nitrogens with zero attached hydrogens (tertiary/aromatic N) is 3. The molecule has 0 radical (unpaired) electrons. The van der Waals surface area contributed by atoms with Crippen molar-refractivity contribution in [2.24, 2.45) is 0 Å². The summed E-state index contributed by atoms with van der Waals surface area (Å²) in [6.07, 6.45) is 1.75. The zero-order chi connectivity index (χ0) is 20.6. The summed E-state index contributed by atoms with van der Waals surface area (Å²) in [6.45, 7) is 4.57. The molecule has 0 fully saturated rings. The van der Waals surface area contributed by atoms with Gasteiger partial charge < -0.3 is 10.1 Å². The molecule has 1 N–H and O–H groups in total. The van der Waals surface area contributed by atoms with Gasteiger partial charge in [0.25, 0.3) is 0 Å². The Hall–Kier alpha value is -2.29. The van der Waals surface area contributed by atoms with Crippen LogP contribution < -0.4 is 10.1 Å². The van der Waals surface area contributed by atoms with Gasteiger partial charge in [-0.1, -0.05) is 45.4 Å². The lowest BCUT2D eigenvalue weighted by molar-refractivity contribution is -0.113. The first-order valence-electron chi connectivity index (χ1n) is 8.64. The summed E-state index contributed by atoms with van der Waals surface area (Å²) >= 11 is 10.6. The smallest absolute Gasteiger partial charge is 0.234 e. The number of carbonyl (C=O) groups excluding carboxylic acids is 1. The van der Waals surface area contributed by atoms with Crippen molar-refractivity contribution in [2.75, 3.05) is 11.1 Å². The Kier molecular flexibility index (Phi) is 7.74. The Morgan fingerprint density at radius 3 is 2.62 bits per heavy atom. The first kappa shape index (κ1) is 21.4. The fourth-order valence-electron chi connectivity index (χ4n) is 2.38. The van der Waals surface area contributed by atoms with Crippen LogP contribution in [0.15, 0.2) is 70.8 Å². The van der Waals surface area contributed by atoms with Crippen LogP contribution in [0.1, 0.15) is 5.82 Å². The third kappa shape index (κ3) is 6.35. The Labute approximate surface area is 186 Å². The van der Waals surface area contributed by atoms with E-state index >= 15 is 0 Å². The molecule has 0 saturated carbocycles. The van der Waals surface area contributed by atoms with E-state index in [1.165, 1.54) is 11.8 Å². The number of benzene rings is 2. The van der Waals surface area contributed by atoms with Gasteiger partial charge in [0.05, 0.1) is 5.75 Å². The summed E-state index contributed by atoms with van der Waals surface area (Å²) in [5.41, 5.74) is 0.691. The van der Waals surface area contributed by atoms with Crippen LogP contribution in [-0.2, 0) is 17.9 Å². The average molecular weight is 494 g/mol. The van der Waals surface area contributed by atoms with E-state index in [1.54, 1.807) is 30.3 Å². The van der Waals surface area contributed by atoms with Crippen LogP contribution in [0, 0.1) is 0 Å². The number of anilines is 1. The van der Waals surface area contributed by atoms with E-state index in [1.807, 2.05) is 28.8 Å². The molecule has 150 valence electrons. The number of hydrogen-bond acceptors (Lipinski definition) is 5. The molecular weight excluding hydrogens is 476 g/mol. The van der Waals surface area contributed by atoms with Gasteiger partial charge in [0, 0.05) is 21.7 Å². The largest absolute Gasteiger partial charge is 0.486 e. The molecule has 1 heterocycles. The predicted molar refractivity (Wildman–Crippen MR) is 119 cm³/mol. The van der Waals surface area contributed by atoms with Crippen molar-refractivity contribution in [3.63, 3.8) is 0 Å². The molecule has 0 aliphatic carbocycles. The summed E-state index contributed by atoms with van der Waals surface area (Å²) in [7, 11) is 0. The Morgan fingerprint density at radius 1 is 1.21 bits per heavy atom. The molecule has 29 heavy (non-hydrogen) atoms. The fourth-order valence-corrected chi connectivity index (χ4v) is 3.54. The molecule has 0 aliphatic heterocycles. The number of rotatable bonds is 9. The monoisotopic (exact) mass is 492 g/mol. The lowest BCUT2D eigenvalue weighted by Crippen LogP contribution is -2.15. The highest BCUT2D eigenvalue weighted by molar-refractivity contribution is 9.10. The Balaban J connectivity index is 1.59. The molecule has 1 aromatic heterocycles. The highest BCUT2D eigenvalue weighted by Crippen LogP contribution is 2.21. The van der Waals surface area contributed by atoms with Crippen LogP contribution >= 0.6 is 39.3 Å². The van der Waals surface area contributed by atoms with Gasteiger partial charge in [-0.2, -0.15) is 0 Å². The molecule has 0 spiro atoms. The van der Waals surface area contributed by atoms with Gasteiger partial charge in [0.2, 0.25) is 5.91 Å². The quantitative estimate of drug-likeness (QED) is 0.328. The van der Waals surface area contributed by atoms with E-state index in [0.717, 1.165) is 10.2 Å². The maximum absolute atomic E-state index is 12.2. The summed E-state index contributed by atoms with van der Waals surface area (Å²) in [4.78, 5) is 12.2. The first-order valence-corrected chi connectivity index (χ1v) is 10.8. The van der Waals surface area contributed by atoms with E-state index in [-0.39, 0.29) is 18.3 Å². The minimum absolute atomic E-state index is 0.141. The molecule has 9 heteroatoms. The van der Waals surface area contributed by atoms with Gasteiger partial charge in [-0.15, -0.1) is 16.8 Å². The van der Waals surface area contributed by atoms with Gasteiger partial charge in [-0.3, -0.25) is 9.36 Å². The van der Waals surface area contributed by atoms with Crippen molar-refractivity contribution >= 4 is 50.9 Å². The second-order valence-electron chi connectivity index (χ2n) is 5.88. The van der Waals surface area contributed by atoms with Crippen LogP contribution in [-0.4, -0.2) is 26.4 Å². The molecule has 3 aromatic rings. The van der Waals surface area contributed by atoms with Crippen LogP contribution in [0.4, 0.5) is 5.69 Å². The number of aromatic nitrogens is 3. The molecule has 0 saturated heterocycles. The van der Waals surface area contributed by atoms with Crippen molar-refractivity contribution in [1.29, 1.82) is 0 Å². The van der Waals surface area contributed by atoms with Gasteiger partial charge in [-0.05, 0) is 48.5 Å². The molecule has 0 aliphatic rings. The highest BCUT2D eigenvalue weighted by atomic mass is 79.9. The van der Waals surface area contributed by atoms with Crippen LogP contribution in [0.5, 0.6) is 5.75 Å². The molecule has 0 bridgehead atoms. The summed E-state index contributed by atoms with van der Waals surface area (Å²) in [6, 6.07) is 14.5. The van der Waals surface area contributed by atoms with Crippen molar-refractivity contribution in [3.8, 4) is 5.75 Å². The first-order chi connectivity index (χ1) is 14.0. The van der Waals surface area contributed by atoms with E-state index in [0.29, 0.717) is 28.2 Å². The zero-order valence-electron chi connectivity index (χ0n) is 15.3. The molecule has 1 amide bonds. The molecule has 2 aromatic carbocycles. The average Bonchev–Trinajstić information content (AvgIpc) is 3.10. The number of halogens is 2. The third-order valence-corrected chi connectivity index (χ3v) is 5.49. The second kappa shape index (κ2) is 10.5. The van der Waals surface area contributed by atoms with Crippen LogP contribution in [0.2, 0.25) is 5.02 Å². The molecule has 6 nitrogen and oxygen atoms in total. The number of carbonyl (C=O) groups is 1. The zero-order valence-corrected chi connectivity index (χ0v) is 18.5. The van der Waals surface area contributed by atoms with Crippen LogP contribution in [0.25, 0.3) is 0 Å². The van der Waals surface area contributed by atoms with Crippen molar-refractivity contribution < 1.29 is 9.53 Å². The number of nitrogens with one attached hydrogen (secondary N) is 1. The number of amides is 1. The summed E-state index contributed by atoms with van der Waals surface area (Å²) in [5, 5.41) is 12.5. The van der Waals surface area contributed by atoms with E-state index < -0.39 is 0 Å². The molecule has 0 unspecified atom stereocenters. The van der Waals surface area contributed by atoms with E-state index in [2.05, 4.69) is 38.0 Å². The van der Waals surface area contributed by atoms with Crippen molar-refractivity contribution in [1.82, 2.24) is 14.8 Å². The number of thioether (sulfide) groups is 1. The van der Waals surface area contributed by atoms with Gasteiger partial charge >= 0.3 is 0 Å². The Bertz CT molecular complexity index is 977. The standard InChI is InChI=1S/C20H18BrClN4O2S/c1-2-11-26-18(12-28-17-9-3-14(21)4-10-17)24-25-20(26)29-13-19(27)23-16-7-5-15(22)6-8-16/h2-10H,1,11-13H2,(H,23,27). The van der Waals surface area contributed by atoms with Gasteiger partial charge in [-0.25, -0.2) is 0 Å². The minimum atomic E-state index is -0.141. The third-order valence-electron chi connectivity index (χ3n) is 3.75. The van der Waals surface area contributed by atoms with Gasteiger partial charge in [0.15, 0.2) is 11.0 Å². The topological polar surface area (TPSA) is 69.0 Å². The number of allylic oxidation sites excluding steroid dienone is 1. The van der Waals surface area contributed by atoms with E-state index in [4.69, 9.17) is 16.3 Å². The fraction of sp³-hybridized carbons (Fsp3) is 0.150. The SMILES string of the molecule is C=CCn1c(COc2ccc(Br)cc2)nnc1SCC(=O)Nc1ccc(Cl)cc1. The lowest BCUT2D eigenvalue weighted by atomic mass is 10.3. The van der Waals surface area contributed by atoms with Crippen molar-refractivity contribution in [3.05, 3.63) is 76.5 Å². The minimum Gasteiger partial charge on any atom is -0.486 e. The number of ether oxygens (including phenoxy) is 1. The Morgan fingerprint density at radius 2 is 1.93 bits per heavy atom. The highest BCUT2D eigenvalue weighted by Gasteiger charge is 2.14. The van der Waals surface area contributed by atoms with E-state index in [9.17, 15) is 4.79 Å². The molecular formula is C20H18BrClN4O2S. The summed E-state index contributed by atoms with van der Waals surface area (Å²) < 4.78 is 8.65. The molecule has 0 atom stereocenters. The predicted octanol–water partition coefficient (Wildman–Crippen LogP) is 5.19. The lowest BCUT2D eigenvalue weighted by Gasteiger charge is -2.09. The summed E-state index contributed by atoms with van der Waals surface area (Å²) in [5.74, 6) is 1.45. The molecule has 3 rings (SSSR count). The van der Waals surface area contributed by atoms with Crippen molar-refractivity contribution in [2.45, 2.75) is 18.3 Å². The second-order valence-corrected chi connectivity index (χ2v) is 8.18. The maximum atomic E-state index is 12.2.